The number of carbonyl (C=O) groups is 1. The van der Waals surface area contributed by atoms with Crippen molar-refractivity contribution in [2.75, 3.05) is 23.5 Å². The number of hydrogen-bond acceptors (Lipinski definition) is 12. The summed E-state index contributed by atoms with van der Waals surface area (Å²) in [5, 5.41) is 30.9. The summed E-state index contributed by atoms with van der Waals surface area (Å²) in [7, 11) is -6.93. The number of carboxylic acid groups (broad SMARTS) is 1. The molecule has 7 N–H and O–H groups in total. The first-order chi connectivity index (χ1) is 17.8. The van der Waals surface area contributed by atoms with Crippen molar-refractivity contribution in [3.8, 4) is 0 Å². The monoisotopic (exact) mass is 570 g/mol. The number of nitrogens with two attached hydrogens (primary N) is 2. The average Bonchev–Trinajstić information content (AvgIpc) is 3.40. The molecule has 1 unspecified atom stereocenters. The van der Waals surface area contributed by atoms with Gasteiger partial charge in [0.1, 0.15) is 30.1 Å². The molecule has 6 atom stereocenters. The van der Waals surface area contributed by atoms with E-state index in [0.717, 1.165) is 5.56 Å². The smallest absolute Gasteiger partial charge is 0.320 e. The summed E-state index contributed by atoms with van der Waals surface area (Å²) in [5.41, 5.74) is 12.9. The molecular formula is C22H30N6O8S2. The van der Waals surface area contributed by atoms with Gasteiger partial charge in [0, 0.05) is 11.5 Å². The topological polar surface area (TPSA) is 226 Å². The largest absolute Gasteiger partial charge is 0.480 e. The molecule has 1 fully saturated rings. The Balaban J connectivity index is 1.60. The second kappa shape index (κ2) is 10.7. The van der Waals surface area contributed by atoms with Gasteiger partial charge in [-0.25, -0.2) is 18.6 Å². The molecule has 3 aromatic rings. The summed E-state index contributed by atoms with van der Waals surface area (Å²) < 4.78 is 39.4. The lowest BCUT2D eigenvalue weighted by Crippen LogP contribution is -2.37. The highest BCUT2D eigenvalue weighted by atomic mass is 32.3. The van der Waals surface area contributed by atoms with Crippen LogP contribution in [0.15, 0.2) is 41.8 Å². The third-order valence-electron chi connectivity index (χ3n) is 6.26. The number of ether oxygens (including phenoxy) is 1. The molecule has 208 valence electrons. The first-order valence-electron chi connectivity index (χ1n) is 11.5. The van der Waals surface area contributed by atoms with E-state index in [1.165, 1.54) is 29.4 Å². The molecule has 38 heavy (non-hydrogen) atoms. The predicted molar refractivity (Wildman–Crippen MR) is 139 cm³/mol. The summed E-state index contributed by atoms with van der Waals surface area (Å²) in [6.07, 6.45) is -1.01. The van der Waals surface area contributed by atoms with Crippen LogP contribution in [0.5, 0.6) is 0 Å². The highest BCUT2D eigenvalue weighted by Gasteiger charge is 2.47. The second-order valence-electron chi connectivity index (χ2n) is 9.25. The number of benzene rings is 1. The highest BCUT2D eigenvalue weighted by Crippen LogP contribution is 2.51. The average molecular weight is 571 g/mol. The molecule has 1 aliphatic heterocycles. The molecule has 1 aliphatic rings. The van der Waals surface area contributed by atoms with Crippen LogP contribution in [0.2, 0.25) is 0 Å². The zero-order valence-corrected chi connectivity index (χ0v) is 22.2. The molecular weight excluding hydrogens is 540 g/mol. The zero-order valence-electron chi connectivity index (χ0n) is 20.6. The van der Waals surface area contributed by atoms with Crippen LogP contribution < -0.4 is 11.5 Å². The molecule has 0 amide bonds. The number of fused-ring (bicyclic) bond motifs is 1. The van der Waals surface area contributed by atoms with Crippen molar-refractivity contribution in [3.63, 3.8) is 0 Å². The van der Waals surface area contributed by atoms with Crippen molar-refractivity contribution < 1.29 is 36.9 Å². The number of aliphatic carboxylic acids is 1. The van der Waals surface area contributed by atoms with E-state index in [2.05, 4.69) is 15.0 Å². The summed E-state index contributed by atoms with van der Waals surface area (Å²) in [5.74, 6) is -1.27. The number of carboxylic acids is 1. The number of anilines is 1. The van der Waals surface area contributed by atoms with Crippen LogP contribution in [0.4, 0.5) is 5.82 Å². The number of aliphatic hydroxyl groups excluding tert-OH is 2. The third kappa shape index (κ3) is 5.75. The van der Waals surface area contributed by atoms with E-state index in [1.54, 1.807) is 18.4 Å². The van der Waals surface area contributed by atoms with Crippen molar-refractivity contribution in [2.24, 2.45) is 5.73 Å². The van der Waals surface area contributed by atoms with Gasteiger partial charge in [-0.3, -0.25) is 9.36 Å². The molecule has 2 aromatic heterocycles. The fourth-order valence-corrected chi connectivity index (χ4v) is 9.00. The summed E-state index contributed by atoms with van der Waals surface area (Å²) >= 11 is 0. The Bertz CT molecular complexity index is 1420. The molecule has 0 radical (unpaired) electrons. The molecule has 4 rings (SSSR count). The fourth-order valence-electron chi connectivity index (χ4n) is 4.11. The molecule has 16 heteroatoms. The van der Waals surface area contributed by atoms with Gasteiger partial charge >= 0.3 is 16.1 Å². The van der Waals surface area contributed by atoms with Crippen LogP contribution in [0.25, 0.3) is 11.2 Å². The molecule has 1 aromatic carbocycles. The molecule has 3 heterocycles. The first-order valence-corrected chi connectivity index (χ1v) is 15.2. The van der Waals surface area contributed by atoms with E-state index in [1.807, 2.05) is 6.92 Å². The Kier molecular flexibility index (Phi) is 7.94. The lowest BCUT2D eigenvalue weighted by atomic mass is 10.1. The second-order valence-corrected chi connectivity index (χ2v) is 14.3. The van der Waals surface area contributed by atoms with E-state index >= 15 is 0 Å². The van der Waals surface area contributed by atoms with Gasteiger partial charge in [-0.2, -0.15) is 8.42 Å². The van der Waals surface area contributed by atoms with Crippen LogP contribution >= 0.6 is 10.3 Å². The number of rotatable bonds is 10. The number of hydrogen-bond donors (Lipinski definition) is 5. The Morgan fingerprint density at radius 2 is 1.87 bits per heavy atom. The SMILES string of the molecule is Cc1ccc(S(=O)(=O)OS(C)(CC[C@H](N)C(=O)O)C[C@H]2O[C@@H](n3cnc4c(N)ncnc43)[C@H](O)[C@@H]2O)cc1. The number of aliphatic hydroxyl groups is 2. The quantitative estimate of drug-likeness (QED) is 0.215. The van der Waals surface area contributed by atoms with Gasteiger partial charge in [-0.1, -0.05) is 17.7 Å². The molecule has 0 aliphatic carbocycles. The number of nitrogens with zero attached hydrogens (tertiary/aromatic N) is 4. The third-order valence-corrected chi connectivity index (χ3v) is 11.3. The van der Waals surface area contributed by atoms with Crippen LogP contribution in [0, 0.1) is 6.92 Å². The van der Waals surface area contributed by atoms with Gasteiger partial charge in [0.2, 0.25) is 0 Å². The van der Waals surface area contributed by atoms with E-state index in [-0.39, 0.29) is 39.8 Å². The number of aryl methyl sites for hydroxylation is 1. The molecule has 0 saturated carbocycles. The van der Waals surface area contributed by atoms with Crippen molar-refractivity contribution >= 4 is 43.4 Å². The Morgan fingerprint density at radius 3 is 2.53 bits per heavy atom. The fraction of sp³-hybridized carbons (Fsp3) is 0.455. The Hall–Kier alpha value is -2.86. The van der Waals surface area contributed by atoms with Crippen LogP contribution in [-0.2, 0) is 23.3 Å². The zero-order chi connectivity index (χ0) is 27.8. The lowest BCUT2D eigenvalue weighted by molar-refractivity contribution is -0.138. The van der Waals surface area contributed by atoms with E-state index < -0.39 is 57.0 Å². The van der Waals surface area contributed by atoms with E-state index in [0.29, 0.717) is 0 Å². The maximum Gasteiger partial charge on any atom is 0.320 e. The van der Waals surface area contributed by atoms with E-state index in [4.69, 9.17) is 19.8 Å². The predicted octanol–water partition coefficient (Wildman–Crippen LogP) is -0.107. The highest BCUT2D eigenvalue weighted by molar-refractivity contribution is 8.32. The first kappa shape index (κ1) is 28.2. The van der Waals surface area contributed by atoms with Crippen molar-refractivity contribution in [1.29, 1.82) is 0 Å². The van der Waals surface area contributed by atoms with Gasteiger partial charge in [-0.15, -0.1) is 10.3 Å². The van der Waals surface area contributed by atoms with Gasteiger partial charge in [-0.05, 0) is 31.7 Å². The minimum Gasteiger partial charge on any atom is -0.480 e. The number of nitrogen functional groups attached to an aromatic ring is 1. The van der Waals surface area contributed by atoms with E-state index in [9.17, 15) is 28.5 Å². The number of aromatic nitrogens is 4. The van der Waals surface area contributed by atoms with Crippen molar-refractivity contribution in [2.45, 2.75) is 48.8 Å². The summed E-state index contributed by atoms with van der Waals surface area (Å²) in [6.45, 7) is 1.81. The van der Waals surface area contributed by atoms with Crippen LogP contribution in [0.3, 0.4) is 0 Å². The standard InChI is InChI=1S/C22H30N6O8S2/c1-12-3-5-13(6-4-12)38(33,34)36-37(2,8-7-14(23)22(31)32)9-15-17(29)18(30)21(35-15)28-11-27-16-19(24)25-10-26-20(16)28/h3-6,10-11,14-15,17-18,21,29-30H,7-9,23H2,1-2H3,(H,31,32)(H2,24,25,26)/t14-,15+,17+,18+,21+/m0/s1. The van der Waals surface area contributed by atoms with Crippen molar-refractivity contribution in [1.82, 2.24) is 19.5 Å². The molecule has 0 bridgehead atoms. The summed E-state index contributed by atoms with van der Waals surface area (Å²) in [4.78, 5) is 23.4. The van der Waals surface area contributed by atoms with Gasteiger partial charge in [0.25, 0.3) is 0 Å². The molecule has 14 nitrogen and oxygen atoms in total. The van der Waals surface area contributed by atoms with Gasteiger partial charge < -0.3 is 31.5 Å². The van der Waals surface area contributed by atoms with Crippen molar-refractivity contribution in [3.05, 3.63) is 42.5 Å². The molecule has 0 spiro atoms. The molecule has 1 saturated heterocycles. The maximum atomic E-state index is 13.1. The van der Waals surface area contributed by atoms with Crippen LogP contribution in [-0.4, -0.2) is 91.3 Å². The normalized spacial score (nSPS) is 25.2. The van der Waals surface area contributed by atoms with Gasteiger partial charge in [0.05, 0.1) is 17.3 Å². The Morgan fingerprint density at radius 1 is 1.18 bits per heavy atom. The van der Waals surface area contributed by atoms with Gasteiger partial charge in [0.15, 0.2) is 17.7 Å². The number of imidazole rings is 1. The minimum absolute atomic E-state index is 0.0172. The minimum atomic E-state index is -4.26. The summed E-state index contributed by atoms with van der Waals surface area (Å²) in [6, 6.07) is 4.82. The van der Waals surface area contributed by atoms with Crippen LogP contribution in [0.1, 0.15) is 18.2 Å². The lowest BCUT2D eigenvalue weighted by Gasteiger charge is -2.37. The Labute approximate surface area is 220 Å². The maximum absolute atomic E-state index is 13.1.